The lowest BCUT2D eigenvalue weighted by Crippen LogP contribution is -2.26. The molecule has 0 unspecified atom stereocenters. The lowest BCUT2D eigenvalue weighted by atomic mass is 9.81. The van der Waals surface area contributed by atoms with Crippen molar-refractivity contribution in [3.63, 3.8) is 0 Å². The number of nitrogens with zero attached hydrogens (tertiary/aromatic N) is 22. The van der Waals surface area contributed by atoms with E-state index in [-0.39, 0.29) is 65.9 Å². The third-order valence-electron chi connectivity index (χ3n) is 24.2. The Kier molecular flexibility index (Phi) is 46.1. The number of amides is 3. The zero-order chi connectivity index (χ0) is 104. The van der Waals surface area contributed by atoms with Gasteiger partial charge in [0.25, 0.3) is 17.7 Å². The van der Waals surface area contributed by atoms with Crippen LogP contribution >= 0.6 is 23.1 Å². The van der Waals surface area contributed by atoms with E-state index >= 15 is 0 Å². The van der Waals surface area contributed by atoms with Crippen LogP contribution in [0.25, 0.3) is 0 Å². The normalized spacial score (nSPS) is 14.5. The van der Waals surface area contributed by atoms with Crippen LogP contribution in [0.1, 0.15) is 296 Å². The number of carbonyl (C=O) groups excluding carboxylic acids is 4. The Balaban J connectivity index is 0.000000193. The second-order valence-electron chi connectivity index (χ2n) is 34.7. The van der Waals surface area contributed by atoms with Crippen molar-refractivity contribution < 1.29 is 83.7 Å². The van der Waals surface area contributed by atoms with E-state index in [1.807, 2.05) is 65.1 Å². The van der Waals surface area contributed by atoms with Crippen LogP contribution in [0.4, 0.5) is 5.13 Å². The second-order valence-corrected chi connectivity index (χ2v) is 36.6. The Labute approximate surface area is 835 Å². The van der Waals surface area contributed by atoms with E-state index in [1.54, 1.807) is 80.0 Å². The number of ketones is 1. The molecule has 0 aliphatic heterocycles. The van der Waals surface area contributed by atoms with Crippen molar-refractivity contribution >= 4 is 87.6 Å². The van der Waals surface area contributed by atoms with Crippen LogP contribution in [0.15, 0.2) is 115 Å². The zero-order valence-electron chi connectivity index (χ0n) is 81.1. The van der Waals surface area contributed by atoms with Gasteiger partial charge in [0, 0.05) is 96.1 Å². The summed E-state index contributed by atoms with van der Waals surface area (Å²) >= 11 is 2.73. The Morgan fingerprint density at radius 2 is 0.674 bits per heavy atom. The van der Waals surface area contributed by atoms with Crippen LogP contribution < -0.4 is 21.7 Å². The van der Waals surface area contributed by atoms with E-state index < -0.39 is 83.2 Å². The quantitative estimate of drug-likeness (QED) is 0.0125. The SMILES string of the molecule is CCC[C@H](C(=O)O)[C@H](Cc1ccc(C(=O)NC2CC2)cc1)c1nn[nH]n1.CCC[C@H](C(=O)O)[C@H](Cc1ccc(C(=O)NCC2CC2)cc1)c1nn[nH]n1.CCC[C@H](C(=O)O)[C@H](Cc1ccc(C(=O)NCCO)cc1)c1nn[nH]n1.CCC[C@H](C(=O)O)[C@H](Cc1ccc(C(=O)O)cc1)c1nn[nH]n1.CCC[C@H](C(=O)O)[C@H](Cc1nnc(N)s1)c1nn[nH]n1.CCC[C@H](C(C)=O)[C@H](Cc1cnc(SC)nc1)c1nn[nH]n1. The highest BCUT2D eigenvalue weighted by Crippen LogP contribution is 2.38. The number of hydrogen-bond donors (Lipinski definition) is 17. The second kappa shape index (κ2) is 59.0. The molecule has 0 spiro atoms. The molecule has 12 aromatic rings. The molecule has 2 fully saturated rings. The number of nitrogens with two attached hydrogens (primary N) is 1. The van der Waals surface area contributed by atoms with Gasteiger partial charge in [0.15, 0.2) is 40.1 Å². The van der Waals surface area contributed by atoms with Gasteiger partial charge in [-0.15, -0.1) is 71.4 Å². The molecule has 2 aliphatic rings. The van der Waals surface area contributed by atoms with E-state index in [1.165, 1.54) is 48.1 Å². The van der Waals surface area contributed by atoms with E-state index in [0.717, 1.165) is 97.3 Å². The van der Waals surface area contributed by atoms with Gasteiger partial charge in [0.05, 0.1) is 41.8 Å². The van der Waals surface area contributed by atoms with Gasteiger partial charge in [0.1, 0.15) is 10.8 Å². The van der Waals surface area contributed by atoms with Gasteiger partial charge >= 0.3 is 35.8 Å². The van der Waals surface area contributed by atoms with Crippen LogP contribution in [0.2, 0.25) is 0 Å². The number of hydrogen-bond acceptors (Lipinski definition) is 36. The Hall–Kier alpha value is -15.0. The van der Waals surface area contributed by atoms with Crippen LogP contribution in [0, 0.1) is 41.4 Å². The summed E-state index contributed by atoms with van der Waals surface area (Å²) in [6, 6.07) is 28.1. The number of Topliss-reactive ketones (excluding diaryl/α,β-unsaturated/α-hetero) is 1. The molecule has 51 heteroatoms. The average Bonchev–Trinajstić information content (AvgIpc) is 1.58. The number of carboxylic acid groups (broad SMARTS) is 6. The number of carboxylic acids is 6. The number of anilines is 1. The van der Waals surface area contributed by atoms with Crippen LogP contribution in [-0.4, -0.2) is 271 Å². The standard InChI is InChI=1S/C19H25N5O3.C18H23N5O3.C17H23N5O4.C15H18N4O4.C14H20N6OS.C10H15N7O2S/c1-2-3-15(19(26)27)16(17-21-23-24-22-17)10-12-6-8-14(9-7-12)18(25)20-11-13-4-5-13;1-2-3-14(18(25)26)15(16-20-22-23-21-16)10-11-4-6-12(7-5-11)17(24)19-13-8-9-13;1-2-3-13(17(25)26)14(15-19-21-22-20-15)10-11-4-6-12(7-5-11)16(24)18-8-9-23;1-2-3-11(15(22)23)12(13-16-18-19-17-13)8-9-4-6-10(7-5-9)14(20)21;1-4-5-11(9(2)21)12(13-17-19-20-18-13)6-10-7-15-14(22-3)16-8-10;1-2-3-5(9(18)19)6(8-13-16-17-14-8)4-7-12-15-10(11)20-7/h6-9,13,15-16H,2-5,10-11H2,1H3,(H,20,25)(H,26,27)(H,21,22,23,24);4-7,13-15H,2-3,8-10H2,1H3,(H,19,24)(H,25,26)(H,20,21,22,23);4-7,13-14,23H,2-3,8-10H2,1H3,(H,18,24)(H,25,26)(H,19,20,21,22);4-7,11-12H,2-3,8H2,1H3,(H,20,21)(H,22,23)(H,16,17,18,19);7-8,11-12H,4-6H2,1-3H3,(H,17,18,19,20);5-6H,2-4H2,1H3,(H2,11,15)(H,18,19)(H,13,14,16,17)/t15-,16-;14-,15-;13-,14-;11-,12-;11-,12+;5-,6-/m000010/s1. The van der Waals surface area contributed by atoms with Crippen LogP contribution in [-0.2, 0) is 67.3 Å². The number of aliphatic hydroxyl groups excluding tert-OH is 1. The third kappa shape index (κ3) is 35.9. The van der Waals surface area contributed by atoms with Crippen LogP contribution in [0.3, 0.4) is 0 Å². The van der Waals surface area contributed by atoms with Crippen molar-refractivity contribution in [1.82, 2.24) is 160 Å². The fourth-order valence-electron chi connectivity index (χ4n) is 16.4. The molecule has 49 nitrogen and oxygen atoms in total. The monoisotopic (exact) mass is 2020 g/mol. The topological polar surface area (TPSA) is 753 Å². The van der Waals surface area contributed by atoms with Gasteiger partial charge in [-0.1, -0.05) is 183 Å². The molecule has 2 aliphatic carbocycles. The highest BCUT2D eigenvalue weighted by atomic mass is 32.2. The number of aliphatic carboxylic acids is 5. The molecule has 144 heavy (non-hydrogen) atoms. The smallest absolute Gasteiger partial charge is 0.335 e. The summed E-state index contributed by atoms with van der Waals surface area (Å²) < 4.78 is 0. The molecule has 8 heterocycles. The number of H-pyrrole nitrogens is 6. The van der Waals surface area contributed by atoms with E-state index in [2.05, 4.69) is 167 Å². The molecular formula is C93H124N32O17S2. The van der Waals surface area contributed by atoms with Gasteiger partial charge < -0.3 is 57.4 Å². The number of aromatic carboxylic acids is 1. The number of aliphatic hydroxyl groups is 1. The minimum Gasteiger partial charge on any atom is -0.481 e. The number of aromatic nitrogens is 28. The minimum atomic E-state index is -0.999. The highest BCUT2D eigenvalue weighted by molar-refractivity contribution is 7.98. The number of nitrogens with one attached hydrogen (secondary N) is 9. The molecule has 8 aromatic heterocycles. The first-order valence-electron chi connectivity index (χ1n) is 47.6. The number of rotatable bonds is 52. The minimum absolute atomic E-state index is 0.0665. The summed E-state index contributed by atoms with van der Waals surface area (Å²) in [5.41, 5.74) is 12.0. The third-order valence-corrected chi connectivity index (χ3v) is 25.6. The molecule has 0 saturated heterocycles. The van der Waals surface area contributed by atoms with Gasteiger partial charge in [0.2, 0.25) is 5.13 Å². The van der Waals surface area contributed by atoms with Crippen molar-refractivity contribution in [3.8, 4) is 0 Å². The largest absolute Gasteiger partial charge is 0.481 e. The Bertz CT molecular complexity index is 5840. The maximum atomic E-state index is 12.2. The number of benzene rings is 4. The maximum absolute atomic E-state index is 12.2. The van der Waals surface area contributed by atoms with Crippen molar-refractivity contribution in [2.45, 2.75) is 236 Å². The zero-order valence-corrected chi connectivity index (χ0v) is 82.7. The predicted molar refractivity (Wildman–Crippen MR) is 519 cm³/mol. The molecule has 0 bridgehead atoms. The molecule has 18 N–H and O–H groups in total. The summed E-state index contributed by atoms with van der Waals surface area (Å²) in [5, 5.41) is 167. The highest BCUT2D eigenvalue weighted by Gasteiger charge is 2.39. The fraction of sp³-hybridized carbons (Fsp3) is 0.505. The summed E-state index contributed by atoms with van der Waals surface area (Å²) in [6.07, 6.45) is 20.9. The summed E-state index contributed by atoms with van der Waals surface area (Å²) in [6.45, 7) is 14.2. The maximum Gasteiger partial charge on any atom is 0.335 e. The van der Waals surface area contributed by atoms with E-state index in [4.69, 9.17) is 15.9 Å². The van der Waals surface area contributed by atoms with Crippen molar-refractivity contribution in [3.05, 3.63) is 199 Å². The van der Waals surface area contributed by atoms with Crippen molar-refractivity contribution in [2.75, 3.05) is 31.7 Å². The summed E-state index contributed by atoms with van der Waals surface area (Å²) in [4.78, 5) is 126. The van der Waals surface area contributed by atoms with E-state index in [0.29, 0.717) is 144 Å². The first-order chi connectivity index (χ1) is 69.5. The molecule has 2 saturated carbocycles. The summed E-state index contributed by atoms with van der Waals surface area (Å²) in [5.74, 6) is -7.78. The van der Waals surface area contributed by atoms with E-state index in [9.17, 15) is 73.5 Å². The number of thioether (sulfide) groups is 1. The molecular weight excluding hydrogens is 1900 g/mol. The van der Waals surface area contributed by atoms with Crippen molar-refractivity contribution in [2.24, 2.45) is 41.4 Å². The van der Waals surface area contributed by atoms with Gasteiger partial charge in [-0.05, 0) is 192 Å². The Morgan fingerprint density at radius 3 is 0.931 bits per heavy atom. The van der Waals surface area contributed by atoms with Crippen LogP contribution in [0.5, 0.6) is 0 Å². The molecule has 14 rings (SSSR count). The molecule has 4 aromatic carbocycles. The van der Waals surface area contributed by atoms with Crippen molar-refractivity contribution in [1.29, 1.82) is 0 Å². The predicted octanol–water partition coefficient (Wildman–Crippen LogP) is 9.06. The van der Waals surface area contributed by atoms with Gasteiger partial charge in [-0.25, -0.2) is 14.8 Å². The fourth-order valence-corrected chi connectivity index (χ4v) is 17.4. The molecule has 12 atom stereocenters. The van der Waals surface area contributed by atoms with Gasteiger partial charge in [-0.3, -0.25) is 43.2 Å². The first kappa shape index (κ1) is 113. The molecule has 770 valence electrons. The number of aromatic amines is 6. The summed E-state index contributed by atoms with van der Waals surface area (Å²) in [7, 11) is 0. The number of tetrazole rings is 6. The lowest BCUT2D eigenvalue weighted by Gasteiger charge is -2.22. The first-order valence-corrected chi connectivity index (χ1v) is 49.6. The van der Waals surface area contributed by atoms with Gasteiger partial charge in [-0.2, -0.15) is 31.3 Å². The lowest BCUT2D eigenvalue weighted by molar-refractivity contribution is -0.144. The number of nitrogen functional groups attached to an aromatic ring is 1. The Morgan fingerprint density at radius 1 is 0.382 bits per heavy atom. The molecule has 3 amide bonds. The average molecular weight is 2030 g/mol. The number of carbonyl (C=O) groups is 10. The molecule has 0 radical (unpaired) electrons.